The molecule has 20 heavy (non-hydrogen) atoms. The molecular weight excluding hydrogens is 250 g/mol. The highest BCUT2D eigenvalue weighted by Crippen LogP contribution is 2.32. The second kappa shape index (κ2) is 7.41. The Morgan fingerprint density at radius 1 is 1.25 bits per heavy atom. The van der Waals surface area contributed by atoms with E-state index in [2.05, 4.69) is 18.3 Å². The second-order valence-electron chi connectivity index (χ2n) is 5.82. The molecule has 2 atom stereocenters. The van der Waals surface area contributed by atoms with Gasteiger partial charge in [0.05, 0.1) is 13.7 Å². The van der Waals surface area contributed by atoms with Crippen LogP contribution in [0.3, 0.4) is 0 Å². The van der Waals surface area contributed by atoms with Crippen LogP contribution in [0.2, 0.25) is 0 Å². The summed E-state index contributed by atoms with van der Waals surface area (Å²) in [4.78, 5) is 0. The molecule has 0 radical (unpaired) electrons. The van der Waals surface area contributed by atoms with Crippen molar-refractivity contribution < 1.29 is 9.47 Å². The van der Waals surface area contributed by atoms with Crippen molar-refractivity contribution in [2.75, 3.05) is 25.6 Å². The smallest absolute Gasteiger partial charge is 0.162 e. The van der Waals surface area contributed by atoms with Crippen molar-refractivity contribution in [3.05, 3.63) is 18.2 Å². The largest absolute Gasteiger partial charge is 0.493 e. The third-order valence-corrected chi connectivity index (χ3v) is 4.10. The third kappa shape index (κ3) is 4.06. The maximum atomic E-state index is 5.54. The fourth-order valence-corrected chi connectivity index (χ4v) is 3.06. The Hall–Kier alpha value is -1.38. The van der Waals surface area contributed by atoms with Crippen molar-refractivity contribution in [2.45, 2.75) is 39.5 Å². The lowest BCUT2D eigenvalue weighted by Gasteiger charge is -2.27. The van der Waals surface area contributed by atoms with Gasteiger partial charge in [0.25, 0.3) is 0 Å². The van der Waals surface area contributed by atoms with E-state index in [9.17, 15) is 0 Å². The van der Waals surface area contributed by atoms with Crippen LogP contribution in [0, 0.1) is 11.8 Å². The molecule has 112 valence electrons. The van der Waals surface area contributed by atoms with Gasteiger partial charge in [-0.25, -0.2) is 0 Å². The number of hydrogen-bond donors (Lipinski definition) is 1. The van der Waals surface area contributed by atoms with Crippen LogP contribution < -0.4 is 14.8 Å². The summed E-state index contributed by atoms with van der Waals surface area (Å²) >= 11 is 0. The zero-order chi connectivity index (χ0) is 14.4. The molecule has 3 heteroatoms. The minimum Gasteiger partial charge on any atom is -0.493 e. The maximum Gasteiger partial charge on any atom is 0.162 e. The molecule has 1 aromatic rings. The van der Waals surface area contributed by atoms with Gasteiger partial charge in [0, 0.05) is 18.3 Å². The van der Waals surface area contributed by atoms with Gasteiger partial charge in [-0.15, -0.1) is 0 Å². The van der Waals surface area contributed by atoms with Crippen molar-refractivity contribution in [3.63, 3.8) is 0 Å². The van der Waals surface area contributed by atoms with E-state index in [1.54, 1.807) is 7.11 Å². The van der Waals surface area contributed by atoms with E-state index in [1.807, 2.05) is 19.1 Å². The van der Waals surface area contributed by atoms with Gasteiger partial charge in [-0.1, -0.05) is 19.8 Å². The van der Waals surface area contributed by atoms with Crippen LogP contribution >= 0.6 is 0 Å². The maximum absolute atomic E-state index is 5.54. The van der Waals surface area contributed by atoms with Gasteiger partial charge in [0.2, 0.25) is 0 Å². The Labute approximate surface area is 122 Å². The van der Waals surface area contributed by atoms with E-state index in [1.165, 1.54) is 25.7 Å². The Morgan fingerprint density at radius 3 is 2.80 bits per heavy atom. The molecule has 0 bridgehead atoms. The van der Waals surface area contributed by atoms with Crippen molar-refractivity contribution >= 4 is 5.69 Å². The third-order valence-electron chi connectivity index (χ3n) is 4.10. The summed E-state index contributed by atoms with van der Waals surface area (Å²) in [6, 6.07) is 6.07. The van der Waals surface area contributed by atoms with E-state index in [4.69, 9.17) is 9.47 Å². The van der Waals surface area contributed by atoms with E-state index >= 15 is 0 Å². The van der Waals surface area contributed by atoms with Gasteiger partial charge in [-0.3, -0.25) is 0 Å². The molecule has 1 aliphatic carbocycles. The molecule has 1 saturated carbocycles. The minimum atomic E-state index is 0.656. The average Bonchev–Trinajstić information content (AvgIpc) is 2.46. The second-order valence-corrected chi connectivity index (χ2v) is 5.82. The molecular formula is C17H27NO2. The number of methoxy groups -OCH3 is 1. The summed E-state index contributed by atoms with van der Waals surface area (Å²) in [6.45, 7) is 6.06. The van der Waals surface area contributed by atoms with Crippen molar-refractivity contribution in [3.8, 4) is 11.5 Å². The van der Waals surface area contributed by atoms with Gasteiger partial charge in [0.1, 0.15) is 0 Å². The molecule has 2 rings (SSSR count). The highest BCUT2D eigenvalue weighted by Gasteiger charge is 2.18. The van der Waals surface area contributed by atoms with E-state index in [0.29, 0.717) is 6.61 Å². The van der Waals surface area contributed by atoms with Crippen LogP contribution in [0.25, 0.3) is 0 Å². The van der Waals surface area contributed by atoms with E-state index in [0.717, 1.165) is 35.6 Å². The molecule has 0 amide bonds. The molecule has 1 fully saturated rings. The molecule has 1 aliphatic rings. The first-order valence-corrected chi connectivity index (χ1v) is 7.77. The molecule has 0 saturated heterocycles. The normalized spacial score (nSPS) is 22.4. The van der Waals surface area contributed by atoms with Gasteiger partial charge in [-0.05, 0) is 43.7 Å². The van der Waals surface area contributed by atoms with Gasteiger partial charge in [0.15, 0.2) is 11.5 Å². The Balaban J connectivity index is 1.92. The fraction of sp³-hybridized carbons (Fsp3) is 0.647. The number of nitrogens with one attached hydrogen (secondary N) is 1. The molecule has 0 aromatic heterocycles. The van der Waals surface area contributed by atoms with Crippen LogP contribution in [-0.2, 0) is 0 Å². The SMILES string of the molecule is CCOc1ccc(NCC2CCCC(C)C2)cc1OC. The van der Waals surface area contributed by atoms with Gasteiger partial charge < -0.3 is 14.8 Å². The quantitative estimate of drug-likeness (QED) is 0.839. The number of benzene rings is 1. The lowest BCUT2D eigenvalue weighted by atomic mass is 9.82. The minimum absolute atomic E-state index is 0.656. The molecule has 0 spiro atoms. The predicted molar refractivity (Wildman–Crippen MR) is 83.8 cm³/mol. The molecule has 3 nitrogen and oxygen atoms in total. The topological polar surface area (TPSA) is 30.5 Å². The van der Waals surface area contributed by atoms with E-state index < -0.39 is 0 Å². The Bertz CT molecular complexity index is 419. The fourth-order valence-electron chi connectivity index (χ4n) is 3.06. The summed E-state index contributed by atoms with van der Waals surface area (Å²) in [6.07, 6.45) is 5.47. The number of anilines is 1. The summed E-state index contributed by atoms with van der Waals surface area (Å²) in [5, 5.41) is 3.54. The van der Waals surface area contributed by atoms with Gasteiger partial charge >= 0.3 is 0 Å². The number of ether oxygens (including phenoxy) is 2. The summed E-state index contributed by atoms with van der Waals surface area (Å²) in [5.41, 5.74) is 1.11. The van der Waals surface area contributed by atoms with Gasteiger partial charge in [-0.2, -0.15) is 0 Å². The lowest BCUT2D eigenvalue weighted by molar-refractivity contribution is 0.293. The average molecular weight is 277 g/mol. The van der Waals surface area contributed by atoms with Crippen LogP contribution in [0.5, 0.6) is 11.5 Å². The summed E-state index contributed by atoms with van der Waals surface area (Å²) in [7, 11) is 1.68. The van der Waals surface area contributed by atoms with Crippen molar-refractivity contribution in [1.29, 1.82) is 0 Å². The first kappa shape index (κ1) is 15.0. The number of rotatable bonds is 6. The first-order valence-electron chi connectivity index (χ1n) is 7.77. The van der Waals surface area contributed by atoms with E-state index in [-0.39, 0.29) is 0 Å². The molecule has 1 N–H and O–H groups in total. The Kier molecular flexibility index (Phi) is 5.57. The van der Waals surface area contributed by atoms with Crippen molar-refractivity contribution in [2.24, 2.45) is 11.8 Å². The lowest BCUT2D eigenvalue weighted by Crippen LogP contribution is -2.21. The van der Waals surface area contributed by atoms with Crippen LogP contribution in [-0.4, -0.2) is 20.3 Å². The molecule has 0 aliphatic heterocycles. The summed E-state index contributed by atoms with van der Waals surface area (Å²) in [5.74, 6) is 3.29. The number of hydrogen-bond acceptors (Lipinski definition) is 3. The zero-order valence-electron chi connectivity index (χ0n) is 12.9. The monoisotopic (exact) mass is 277 g/mol. The highest BCUT2D eigenvalue weighted by molar-refractivity contribution is 5.54. The molecule has 1 aromatic carbocycles. The Morgan fingerprint density at radius 2 is 2.10 bits per heavy atom. The summed E-state index contributed by atoms with van der Waals surface area (Å²) < 4.78 is 10.9. The zero-order valence-corrected chi connectivity index (χ0v) is 12.9. The van der Waals surface area contributed by atoms with Crippen LogP contribution in [0.1, 0.15) is 39.5 Å². The van der Waals surface area contributed by atoms with Crippen molar-refractivity contribution in [1.82, 2.24) is 0 Å². The standard InChI is InChI=1S/C17H27NO2/c1-4-20-16-9-8-15(11-17(16)19-3)18-12-14-7-5-6-13(2)10-14/h8-9,11,13-14,18H,4-7,10,12H2,1-3H3. The molecule has 0 heterocycles. The van der Waals surface area contributed by atoms with Crippen LogP contribution in [0.15, 0.2) is 18.2 Å². The molecule has 2 unspecified atom stereocenters. The highest BCUT2D eigenvalue weighted by atomic mass is 16.5. The first-order chi connectivity index (χ1) is 9.72. The van der Waals surface area contributed by atoms with Crippen LogP contribution in [0.4, 0.5) is 5.69 Å². The predicted octanol–water partition coefficient (Wildman–Crippen LogP) is 4.33.